The van der Waals surface area contributed by atoms with E-state index in [2.05, 4.69) is 52.8 Å². The van der Waals surface area contributed by atoms with Crippen LogP contribution in [0.15, 0.2) is 0 Å². The molecule has 0 heterocycles. The number of methoxy groups -OCH3 is 1. The zero-order valence-corrected chi connectivity index (χ0v) is 60.4. The number of alkyl carbamates (subject to hydrolysis) is 2. The number of carbonyl (C=O) groups is 9. The third-order valence-corrected chi connectivity index (χ3v) is 13.3. The summed E-state index contributed by atoms with van der Waals surface area (Å²) in [6.45, 7) is 36.6. The molecule has 29 heteroatoms. The van der Waals surface area contributed by atoms with Crippen molar-refractivity contribution in [3.63, 3.8) is 0 Å². The van der Waals surface area contributed by atoms with Gasteiger partial charge in [-0.2, -0.15) is 0 Å². The maximum absolute atomic E-state index is 13.4. The Hall–Kier alpha value is -4.75. The van der Waals surface area contributed by atoms with Crippen molar-refractivity contribution >= 4 is 75.4 Å². The van der Waals surface area contributed by atoms with Gasteiger partial charge in [-0.15, -0.1) is 0 Å². The quantitative estimate of drug-likeness (QED) is 0.00772. The van der Waals surface area contributed by atoms with Gasteiger partial charge in [0.05, 0.1) is 26.2 Å². The van der Waals surface area contributed by atoms with Crippen LogP contribution in [0.1, 0.15) is 196 Å². The number of ether oxygens (including phenoxy) is 8. The van der Waals surface area contributed by atoms with Crippen molar-refractivity contribution < 1.29 is 85.9 Å². The standard InChI is InChI=1S/C42H80N6O12S2.C20H39N3O6/c1-12-48-57-25-17-26-61-62-27-21-33(49)46-28-31(37(52)58-40(2,3)4)29-47-35(56-30-34(50)44-22-15-13-14-18-36(51)55-11)20-19-32(38(53)59-41(5,6)7)43-23-16-24-45-39(54)60-42(8,9)10;1-18(2,3)27-14(24)13-23-15(16(25)28-19(4,5)6)21-11-10-12-22-17(26)29-20(7,8)9/h31-32,35,43,47-48H,12-30H2,1-11H3,(H,44,50)(H,45,54)(H,46,49);15,21,23H,10-13H2,1-9H3,(H,22,26). The fourth-order valence-corrected chi connectivity index (χ4v) is 9.13. The number of hydroxylamine groups is 1. The number of unbranched alkanes of at least 4 members (excludes halogenated alkanes) is 2. The first-order chi connectivity index (χ1) is 42.0. The van der Waals surface area contributed by atoms with E-state index in [0.29, 0.717) is 77.2 Å². The molecule has 91 heavy (non-hydrogen) atoms. The number of amides is 4. The van der Waals surface area contributed by atoms with Gasteiger partial charge in [0.25, 0.3) is 0 Å². The van der Waals surface area contributed by atoms with Crippen LogP contribution >= 0.6 is 21.6 Å². The minimum atomic E-state index is -0.886. The van der Waals surface area contributed by atoms with Crippen molar-refractivity contribution in [1.82, 2.24) is 48.0 Å². The zero-order valence-electron chi connectivity index (χ0n) is 58.7. The van der Waals surface area contributed by atoms with E-state index in [1.165, 1.54) is 7.11 Å². The van der Waals surface area contributed by atoms with Crippen LogP contribution in [0.3, 0.4) is 0 Å². The summed E-state index contributed by atoms with van der Waals surface area (Å²) in [6.07, 6.45) is 2.24. The lowest BCUT2D eigenvalue weighted by Crippen LogP contribution is -2.53. The second-order valence-corrected chi connectivity index (χ2v) is 29.8. The molecule has 0 aliphatic rings. The van der Waals surface area contributed by atoms with Gasteiger partial charge in [0.2, 0.25) is 11.8 Å². The van der Waals surface area contributed by atoms with Crippen molar-refractivity contribution in [2.45, 2.75) is 248 Å². The molecule has 0 saturated heterocycles. The van der Waals surface area contributed by atoms with Gasteiger partial charge in [0.1, 0.15) is 52.5 Å². The molecule has 0 aliphatic carbocycles. The van der Waals surface area contributed by atoms with Crippen LogP contribution in [-0.4, -0.2) is 197 Å². The highest BCUT2D eigenvalue weighted by Gasteiger charge is 2.31. The molecule has 0 saturated carbocycles. The Morgan fingerprint density at radius 2 is 0.956 bits per heavy atom. The Morgan fingerprint density at radius 1 is 0.440 bits per heavy atom. The molecular weight excluding hydrogens is 1220 g/mol. The monoisotopic (exact) mass is 1340 g/mol. The third-order valence-electron chi connectivity index (χ3n) is 10.8. The predicted molar refractivity (Wildman–Crippen MR) is 353 cm³/mol. The molecule has 27 nitrogen and oxygen atoms in total. The molecular formula is C62H119N9O18S2. The highest BCUT2D eigenvalue weighted by Crippen LogP contribution is 2.23. The van der Waals surface area contributed by atoms with E-state index in [0.717, 1.165) is 25.1 Å². The van der Waals surface area contributed by atoms with Gasteiger partial charge in [0.15, 0.2) is 6.17 Å². The number of nitrogens with one attached hydrogen (secondary N) is 9. The maximum atomic E-state index is 13.4. The molecule has 4 unspecified atom stereocenters. The van der Waals surface area contributed by atoms with E-state index in [1.807, 2.05) is 6.92 Å². The summed E-state index contributed by atoms with van der Waals surface area (Å²) in [7, 11) is 4.61. The normalized spacial score (nSPS) is 13.4. The molecule has 0 bridgehead atoms. The molecule has 4 atom stereocenters. The summed E-state index contributed by atoms with van der Waals surface area (Å²) >= 11 is 0. The lowest BCUT2D eigenvalue weighted by atomic mass is 10.1. The van der Waals surface area contributed by atoms with Crippen molar-refractivity contribution in [1.29, 1.82) is 0 Å². The first kappa shape index (κ1) is 88.3. The van der Waals surface area contributed by atoms with Crippen LogP contribution < -0.4 is 48.0 Å². The fourth-order valence-electron chi connectivity index (χ4n) is 7.08. The van der Waals surface area contributed by atoms with Crippen molar-refractivity contribution in [3.8, 4) is 0 Å². The van der Waals surface area contributed by atoms with Crippen LogP contribution in [0.5, 0.6) is 0 Å². The van der Waals surface area contributed by atoms with E-state index in [4.69, 9.17) is 38.0 Å². The molecule has 0 rings (SSSR count). The number of carbonyl (C=O) groups excluding carboxylic acids is 9. The second-order valence-electron chi connectivity index (χ2n) is 27.1. The predicted octanol–water partition coefficient (Wildman–Crippen LogP) is 6.63. The van der Waals surface area contributed by atoms with E-state index in [-0.39, 0.29) is 63.3 Å². The first-order valence-corrected chi connectivity index (χ1v) is 34.1. The Kier molecular flexibility index (Phi) is 45.8. The van der Waals surface area contributed by atoms with E-state index in [1.54, 1.807) is 146 Å². The summed E-state index contributed by atoms with van der Waals surface area (Å²) in [5.41, 5.74) is -1.19. The average molecular weight is 1340 g/mol. The smallest absolute Gasteiger partial charge is 0.407 e. The van der Waals surface area contributed by atoms with Crippen LogP contribution in [-0.2, 0) is 76.3 Å². The number of hydrogen-bond acceptors (Lipinski definition) is 25. The van der Waals surface area contributed by atoms with Gasteiger partial charge in [-0.25, -0.2) is 19.9 Å². The molecule has 0 spiro atoms. The molecule has 532 valence electrons. The van der Waals surface area contributed by atoms with Gasteiger partial charge >= 0.3 is 42.0 Å². The molecule has 0 aromatic rings. The highest BCUT2D eigenvalue weighted by atomic mass is 33.1. The lowest BCUT2D eigenvalue weighted by Gasteiger charge is -2.28. The van der Waals surface area contributed by atoms with Gasteiger partial charge in [-0.3, -0.25) is 44.7 Å². The molecule has 0 aliphatic heterocycles. The lowest BCUT2D eigenvalue weighted by molar-refractivity contribution is -0.161. The summed E-state index contributed by atoms with van der Waals surface area (Å²) < 4.78 is 43.2. The topological polar surface area (TPSA) is 345 Å². The number of rotatable bonds is 43. The largest absolute Gasteiger partial charge is 0.469 e. The van der Waals surface area contributed by atoms with Crippen LogP contribution in [0, 0.1) is 5.92 Å². The number of esters is 5. The Labute approximate surface area is 551 Å². The van der Waals surface area contributed by atoms with E-state index >= 15 is 0 Å². The van der Waals surface area contributed by atoms with E-state index in [9.17, 15) is 43.2 Å². The Balaban J connectivity index is 0. The molecule has 0 aromatic heterocycles. The van der Waals surface area contributed by atoms with Gasteiger partial charge in [-0.1, -0.05) is 34.9 Å². The van der Waals surface area contributed by atoms with Gasteiger partial charge in [-0.05, 0) is 183 Å². The zero-order chi connectivity index (χ0) is 69.9. The van der Waals surface area contributed by atoms with Crippen molar-refractivity contribution in [2.75, 3.05) is 90.7 Å². The fraction of sp³-hybridized carbons (Fsp3) is 0.855. The minimum absolute atomic E-state index is 0.00290. The highest BCUT2D eigenvalue weighted by molar-refractivity contribution is 8.76. The summed E-state index contributed by atoms with van der Waals surface area (Å²) in [4.78, 5) is 117. The van der Waals surface area contributed by atoms with Crippen LogP contribution in [0.2, 0.25) is 0 Å². The molecule has 0 radical (unpaired) electrons. The summed E-state index contributed by atoms with van der Waals surface area (Å²) in [5, 5.41) is 23.3. The maximum Gasteiger partial charge on any atom is 0.407 e. The van der Waals surface area contributed by atoms with E-state index < -0.39 is 94.0 Å². The average Bonchev–Trinajstić information content (AvgIpc) is 2.34. The molecule has 0 aromatic carbocycles. The van der Waals surface area contributed by atoms with Crippen molar-refractivity contribution in [3.05, 3.63) is 0 Å². The van der Waals surface area contributed by atoms with Gasteiger partial charge in [0, 0.05) is 63.6 Å². The van der Waals surface area contributed by atoms with Gasteiger partial charge < -0.3 is 69.3 Å². The van der Waals surface area contributed by atoms with Crippen LogP contribution in [0.4, 0.5) is 9.59 Å². The second kappa shape index (κ2) is 47.2. The Morgan fingerprint density at radius 3 is 1.49 bits per heavy atom. The molecule has 4 amide bonds. The third kappa shape index (κ3) is 58.8. The first-order valence-electron chi connectivity index (χ1n) is 31.6. The van der Waals surface area contributed by atoms with Crippen molar-refractivity contribution in [2.24, 2.45) is 5.92 Å². The minimum Gasteiger partial charge on any atom is -0.469 e. The SMILES string of the molecule is CC(C)(C)OC(=O)CNC(NCCCNC(=O)OC(C)(C)C)C(=O)OC(C)(C)C.CCNOCCCSSCCC(=O)NCC(CNC(CCC(NCCCNC(=O)OC(C)(C)C)C(=O)OC(C)(C)C)OCC(=O)NCCCCCC(=O)OC)C(=O)OC(C)(C)C. The summed E-state index contributed by atoms with van der Waals surface area (Å²) in [6, 6.07) is -0.772. The summed E-state index contributed by atoms with van der Waals surface area (Å²) in [5.74, 6) is -2.17. The Bertz CT molecular complexity index is 2110. The van der Waals surface area contributed by atoms with Crippen LogP contribution in [0.25, 0.3) is 0 Å². The number of hydrogen-bond donors (Lipinski definition) is 9. The molecule has 0 fully saturated rings. The molecule has 9 N–H and O–H groups in total.